The maximum Gasteiger partial charge on any atom is 0.246 e. The maximum absolute atomic E-state index is 15.2. The number of hydrogen-bond acceptors (Lipinski definition) is 8. The number of piperazine rings is 1. The van der Waals surface area contributed by atoms with Crippen LogP contribution in [0, 0.1) is 11.7 Å². The summed E-state index contributed by atoms with van der Waals surface area (Å²) < 4.78 is 30.9. The molecule has 4 rings (SSSR count). The molecule has 2 aromatic rings. The number of carbonyl (C=O) groups is 1. The Balaban J connectivity index is 1.64. The number of benzene rings is 1. The Labute approximate surface area is 185 Å². The molecular weight excluding hydrogens is 417 g/mol. The number of nitrogen functional groups attached to an aromatic ring is 1. The lowest BCUT2D eigenvalue weighted by atomic mass is 10.1. The molecule has 0 spiro atoms. The molecule has 32 heavy (non-hydrogen) atoms. The van der Waals surface area contributed by atoms with Gasteiger partial charge in [0.25, 0.3) is 0 Å². The van der Waals surface area contributed by atoms with Gasteiger partial charge in [0.1, 0.15) is 11.3 Å². The molecule has 172 valence electrons. The predicted octanol–water partition coefficient (Wildman–Crippen LogP) is 2.00. The van der Waals surface area contributed by atoms with E-state index in [1.54, 1.807) is 24.2 Å². The van der Waals surface area contributed by atoms with Crippen LogP contribution >= 0.6 is 0 Å². The van der Waals surface area contributed by atoms with Crippen LogP contribution in [0.5, 0.6) is 11.5 Å². The summed E-state index contributed by atoms with van der Waals surface area (Å²) in [6.07, 6.45) is 5.95. The molecule has 1 atom stereocenters. The van der Waals surface area contributed by atoms with E-state index >= 15 is 4.39 Å². The number of nitrogens with zero attached hydrogens (tertiary/aromatic N) is 4. The number of fused-ring (bicyclic) bond motifs is 1. The molecule has 1 aromatic heterocycles. The van der Waals surface area contributed by atoms with Crippen LogP contribution in [0.25, 0.3) is 10.9 Å². The second-order valence-electron chi connectivity index (χ2n) is 8.01. The average Bonchev–Trinajstić information content (AvgIpc) is 3.62. The predicted molar refractivity (Wildman–Crippen MR) is 118 cm³/mol. The zero-order valence-corrected chi connectivity index (χ0v) is 18.5. The van der Waals surface area contributed by atoms with Crippen molar-refractivity contribution in [2.45, 2.75) is 18.9 Å². The molecule has 1 amide bonds. The lowest BCUT2D eigenvalue weighted by molar-refractivity contribution is -0.127. The molecule has 9 nitrogen and oxygen atoms in total. The van der Waals surface area contributed by atoms with Crippen molar-refractivity contribution in [2.75, 3.05) is 58.2 Å². The van der Waals surface area contributed by atoms with E-state index in [-0.39, 0.29) is 40.7 Å². The fourth-order valence-corrected chi connectivity index (χ4v) is 3.93. The molecule has 2 heterocycles. The molecule has 1 unspecified atom stereocenters. The summed E-state index contributed by atoms with van der Waals surface area (Å²) in [5, 5.41) is 0.339. The van der Waals surface area contributed by atoms with Gasteiger partial charge in [-0.15, -0.1) is 0 Å². The highest BCUT2D eigenvalue weighted by Gasteiger charge is 2.32. The quantitative estimate of drug-likeness (QED) is 0.646. The standard InChI is InChI=1S/C22H28FN5O4/c1-30-12-14-11-27(17(29)7-6-13-4-5-13)8-9-28(14)22-25-19-15(21(24)26-22)10-16(31-2)20(32-3)18(19)23/h6-7,10,13-14H,4-5,8-9,11-12H2,1-3H3,(H2,24,25,26)/b7-6+. The molecule has 10 heteroatoms. The van der Waals surface area contributed by atoms with Crippen LogP contribution in [0.1, 0.15) is 12.8 Å². The number of carbonyl (C=O) groups excluding carboxylic acids is 1. The molecule has 1 saturated carbocycles. The highest BCUT2D eigenvalue weighted by molar-refractivity contribution is 5.92. The highest BCUT2D eigenvalue weighted by atomic mass is 19.1. The normalized spacial score (nSPS) is 19.1. The minimum Gasteiger partial charge on any atom is -0.493 e. The second-order valence-corrected chi connectivity index (χ2v) is 8.01. The van der Waals surface area contributed by atoms with Gasteiger partial charge in [-0.1, -0.05) is 6.08 Å². The third kappa shape index (κ3) is 4.27. The van der Waals surface area contributed by atoms with Crippen molar-refractivity contribution in [2.24, 2.45) is 5.92 Å². The largest absolute Gasteiger partial charge is 0.493 e. The first-order valence-electron chi connectivity index (χ1n) is 10.6. The highest BCUT2D eigenvalue weighted by Crippen LogP contribution is 2.38. The Hall–Kier alpha value is -3.14. The van der Waals surface area contributed by atoms with Crippen molar-refractivity contribution in [3.8, 4) is 11.5 Å². The van der Waals surface area contributed by atoms with E-state index in [0.29, 0.717) is 37.5 Å². The van der Waals surface area contributed by atoms with Crippen molar-refractivity contribution < 1.29 is 23.4 Å². The third-order valence-electron chi connectivity index (χ3n) is 5.84. The van der Waals surface area contributed by atoms with Crippen LogP contribution in [-0.2, 0) is 9.53 Å². The van der Waals surface area contributed by atoms with E-state index in [0.717, 1.165) is 12.8 Å². The van der Waals surface area contributed by atoms with E-state index in [4.69, 9.17) is 19.9 Å². The van der Waals surface area contributed by atoms with Gasteiger partial charge in [0.05, 0.1) is 26.9 Å². The number of aromatic nitrogens is 2. The lowest BCUT2D eigenvalue weighted by Gasteiger charge is -2.41. The van der Waals surface area contributed by atoms with Crippen molar-refractivity contribution in [3.63, 3.8) is 0 Å². The van der Waals surface area contributed by atoms with E-state index < -0.39 is 5.82 Å². The molecule has 1 aromatic carbocycles. The monoisotopic (exact) mass is 445 g/mol. The van der Waals surface area contributed by atoms with Gasteiger partial charge >= 0.3 is 0 Å². The van der Waals surface area contributed by atoms with Crippen LogP contribution in [0.3, 0.4) is 0 Å². The summed E-state index contributed by atoms with van der Waals surface area (Å²) in [6.45, 7) is 1.75. The first-order chi connectivity index (χ1) is 15.5. The first-order valence-corrected chi connectivity index (χ1v) is 10.6. The smallest absolute Gasteiger partial charge is 0.246 e. The molecule has 0 bridgehead atoms. The van der Waals surface area contributed by atoms with Gasteiger partial charge in [0.2, 0.25) is 11.9 Å². The zero-order chi connectivity index (χ0) is 22.8. The summed E-state index contributed by atoms with van der Waals surface area (Å²) in [6, 6.07) is 1.36. The van der Waals surface area contributed by atoms with Gasteiger partial charge in [-0.3, -0.25) is 4.79 Å². The molecule has 2 N–H and O–H groups in total. The number of methoxy groups -OCH3 is 3. The number of nitrogens with two attached hydrogens (primary N) is 1. The van der Waals surface area contributed by atoms with Crippen molar-refractivity contribution in [1.29, 1.82) is 0 Å². The van der Waals surface area contributed by atoms with Crippen molar-refractivity contribution in [3.05, 3.63) is 24.0 Å². The first kappa shape index (κ1) is 22.1. The summed E-state index contributed by atoms with van der Waals surface area (Å²) >= 11 is 0. The van der Waals surface area contributed by atoms with Gasteiger partial charge in [-0.25, -0.2) is 9.37 Å². The number of allylic oxidation sites excluding steroid dienone is 1. The van der Waals surface area contributed by atoms with Crippen molar-refractivity contribution >= 4 is 28.6 Å². The topological polar surface area (TPSA) is 103 Å². The van der Waals surface area contributed by atoms with Gasteiger partial charge in [-0.2, -0.15) is 4.98 Å². The van der Waals surface area contributed by atoms with E-state index in [1.807, 2.05) is 11.0 Å². The van der Waals surface area contributed by atoms with Gasteiger partial charge in [-0.05, 0) is 30.9 Å². The van der Waals surface area contributed by atoms with Gasteiger partial charge in [0.15, 0.2) is 17.3 Å². The lowest BCUT2D eigenvalue weighted by Crippen LogP contribution is -2.56. The number of rotatable bonds is 7. The molecule has 1 aliphatic carbocycles. The molecular formula is C22H28FN5O4. The number of anilines is 2. The minimum absolute atomic E-state index is 0.0144. The summed E-state index contributed by atoms with van der Waals surface area (Å²) in [7, 11) is 4.38. The van der Waals surface area contributed by atoms with E-state index in [9.17, 15) is 4.79 Å². The molecule has 2 aliphatic rings. The molecule has 1 aliphatic heterocycles. The SMILES string of the molecule is COCC1CN(C(=O)/C=C/C2CC2)CCN1c1nc(N)c2cc(OC)c(OC)c(F)c2n1. The Bertz CT molecular complexity index is 1040. The zero-order valence-electron chi connectivity index (χ0n) is 18.5. The Morgan fingerprint density at radius 1 is 1.25 bits per heavy atom. The fraction of sp³-hybridized carbons (Fsp3) is 0.500. The minimum atomic E-state index is -0.667. The number of hydrogen-bond donors (Lipinski definition) is 1. The van der Waals surface area contributed by atoms with Gasteiger partial charge < -0.3 is 29.7 Å². The fourth-order valence-electron chi connectivity index (χ4n) is 3.93. The van der Waals surface area contributed by atoms with Crippen LogP contribution in [0.2, 0.25) is 0 Å². The Morgan fingerprint density at radius 3 is 2.69 bits per heavy atom. The van der Waals surface area contributed by atoms with E-state index in [1.165, 1.54) is 14.2 Å². The van der Waals surface area contributed by atoms with Crippen LogP contribution < -0.4 is 20.1 Å². The summed E-state index contributed by atoms with van der Waals surface area (Å²) in [5.41, 5.74) is 6.22. The second kappa shape index (κ2) is 9.15. The number of halogens is 1. The summed E-state index contributed by atoms with van der Waals surface area (Å²) in [5.74, 6) is 0.434. The molecule has 1 saturated heterocycles. The van der Waals surface area contributed by atoms with E-state index in [2.05, 4.69) is 9.97 Å². The van der Waals surface area contributed by atoms with Gasteiger partial charge in [0, 0.05) is 32.1 Å². The van der Waals surface area contributed by atoms with Crippen molar-refractivity contribution in [1.82, 2.24) is 14.9 Å². The Kier molecular flexibility index (Phi) is 6.31. The van der Waals surface area contributed by atoms with Crippen LogP contribution in [-0.4, -0.2) is 74.4 Å². The summed E-state index contributed by atoms with van der Waals surface area (Å²) in [4.78, 5) is 25.2. The Morgan fingerprint density at radius 2 is 2.03 bits per heavy atom. The van der Waals surface area contributed by atoms with Crippen LogP contribution in [0.15, 0.2) is 18.2 Å². The molecule has 0 radical (unpaired) electrons. The molecule has 2 fully saturated rings. The maximum atomic E-state index is 15.2. The third-order valence-corrected chi connectivity index (χ3v) is 5.84. The number of amides is 1. The average molecular weight is 445 g/mol. The number of ether oxygens (including phenoxy) is 3. The van der Waals surface area contributed by atoms with Crippen LogP contribution in [0.4, 0.5) is 16.2 Å².